The molecule has 154 valence electrons. The fourth-order valence-corrected chi connectivity index (χ4v) is 3.37. The molecule has 8 nitrogen and oxygen atoms in total. The Hall–Kier alpha value is -4.20. The zero-order valence-corrected chi connectivity index (χ0v) is 17.0. The molecule has 0 bridgehead atoms. The van der Waals surface area contributed by atoms with E-state index < -0.39 is 0 Å². The van der Waals surface area contributed by atoms with Crippen LogP contribution < -0.4 is 14.2 Å². The molecule has 0 radical (unpaired) electrons. The van der Waals surface area contributed by atoms with Crippen molar-refractivity contribution in [1.82, 2.24) is 24.6 Å². The van der Waals surface area contributed by atoms with Gasteiger partial charge in [-0.3, -0.25) is 9.38 Å². The molecule has 5 aromatic rings. The summed E-state index contributed by atoms with van der Waals surface area (Å²) in [4.78, 5) is 8.89. The molecule has 31 heavy (non-hydrogen) atoms. The van der Waals surface area contributed by atoms with Gasteiger partial charge in [-0.25, -0.2) is 4.98 Å². The van der Waals surface area contributed by atoms with Gasteiger partial charge in [0.2, 0.25) is 5.88 Å². The van der Waals surface area contributed by atoms with Crippen LogP contribution in [0.1, 0.15) is 5.82 Å². The molecule has 0 saturated heterocycles. The lowest BCUT2D eigenvalue weighted by molar-refractivity contribution is 0.298. The zero-order chi connectivity index (χ0) is 21.2. The van der Waals surface area contributed by atoms with Crippen molar-refractivity contribution in [3.8, 4) is 28.6 Å². The van der Waals surface area contributed by atoms with Gasteiger partial charge in [-0.2, -0.15) is 0 Å². The van der Waals surface area contributed by atoms with Gasteiger partial charge in [0.15, 0.2) is 11.5 Å². The Bertz CT molecular complexity index is 1380. The standard InChI is InChI=1S/C23H19N5O3/c1-29-16-7-8-17-19(12-16)24-11-10-20(17)31-14-22-27-26-21-9-6-15(13-28(21)22)18-4-3-5-23(25-18)30-2/h3-13H,14H2,1-2H3. The van der Waals surface area contributed by atoms with Crippen LogP contribution in [0.4, 0.5) is 0 Å². The van der Waals surface area contributed by atoms with Crippen molar-refractivity contribution in [2.75, 3.05) is 14.2 Å². The Balaban J connectivity index is 1.45. The first-order chi connectivity index (χ1) is 15.2. The van der Waals surface area contributed by atoms with Crippen LogP contribution >= 0.6 is 0 Å². The van der Waals surface area contributed by atoms with Gasteiger partial charge in [0.1, 0.15) is 18.1 Å². The van der Waals surface area contributed by atoms with E-state index in [0.29, 0.717) is 11.7 Å². The molecule has 8 heteroatoms. The summed E-state index contributed by atoms with van der Waals surface area (Å²) in [6.45, 7) is 0.251. The predicted molar refractivity (Wildman–Crippen MR) is 115 cm³/mol. The lowest BCUT2D eigenvalue weighted by atomic mass is 10.2. The summed E-state index contributed by atoms with van der Waals surface area (Å²) in [5.74, 6) is 2.71. The average Bonchev–Trinajstić information content (AvgIpc) is 3.24. The van der Waals surface area contributed by atoms with Gasteiger partial charge in [0, 0.05) is 35.5 Å². The van der Waals surface area contributed by atoms with Crippen molar-refractivity contribution in [2.24, 2.45) is 0 Å². The summed E-state index contributed by atoms with van der Waals surface area (Å²) < 4.78 is 18.5. The summed E-state index contributed by atoms with van der Waals surface area (Å²) in [6, 6.07) is 17.1. The van der Waals surface area contributed by atoms with Crippen molar-refractivity contribution in [1.29, 1.82) is 0 Å². The molecule has 4 heterocycles. The van der Waals surface area contributed by atoms with Crippen molar-refractivity contribution in [2.45, 2.75) is 6.61 Å². The number of ether oxygens (including phenoxy) is 3. The highest BCUT2D eigenvalue weighted by molar-refractivity contribution is 5.85. The number of benzene rings is 1. The van der Waals surface area contributed by atoms with Crippen LogP contribution in [-0.4, -0.2) is 38.8 Å². The molecule has 0 aliphatic heterocycles. The zero-order valence-electron chi connectivity index (χ0n) is 17.0. The predicted octanol–water partition coefficient (Wildman–Crippen LogP) is 3.94. The van der Waals surface area contributed by atoms with Crippen molar-refractivity contribution >= 4 is 16.6 Å². The summed E-state index contributed by atoms with van der Waals surface area (Å²) >= 11 is 0. The third-order valence-electron chi connectivity index (χ3n) is 4.97. The number of rotatable bonds is 6. The van der Waals surface area contributed by atoms with E-state index in [2.05, 4.69) is 20.2 Å². The smallest absolute Gasteiger partial charge is 0.213 e. The van der Waals surface area contributed by atoms with Crippen molar-refractivity contribution < 1.29 is 14.2 Å². The first kappa shape index (κ1) is 18.8. The summed E-state index contributed by atoms with van der Waals surface area (Å²) in [6.07, 6.45) is 3.66. The molecule has 0 N–H and O–H groups in total. The minimum Gasteiger partial charge on any atom is -0.497 e. The number of hydrogen-bond donors (Lipinski definition) is 0. The lowest BCUT2D eigenvalue weighted by Crippen LogP contribution is -2.02. The molecule has 1 aromatic carbocycles. The van der Waals surface area contributed by atoms with Gasteiger partial charge in [-0.15, -0.1) is 10.2 Å². The van der Waals surface area contributed by atoms with E-state index in [-0.39, 0.29) is 6.61 Å². The third-order valence-corrected chi connectivity index (χ3v) is 4.97. The Labute approximate surface area is 178 Å². The second-order valence-electron chi connectivity index (χ2n) is 6.81. The van der Waals surface area contributed by atoms with E-state index in [4.69, 9.17) is 14.2 Å². The molecule has 0 spiro atoms. The second-order valence-corrected chi connectivity index (χ2v) is 6.81. The van der Waals surface area contributed by atoms with E-state index in [1.165, 1.54) is 0 Å². The Morgan fingerprint density at radius 2 is 1.87 bits per heavy atom. The maximum atomic E-state index is 6.09. The molecule has 0 unspecified atom stereocenters. The minimum atomic E-state index is 0.251. The van der Waals surface area contributed by atoms with Crippen LogP contribution in [0.15, 0.2) is 67.0 Å². The van der Waals surface area contributed by atoms with E-state index in [0.717, 1.165) is 39.3 Å². The summed E-state index contributed by atoms with van der Waals surface area (Å²) in [5, 5.41) is 9.44. The van der Waals surface area contributed by atoms with Gasteiger partial charge < -0.3 is 14.2 Å². The van der Waals surface area contributed by atoms with E-state index >= 15 is 0 Å². The van der Waals surface area contributed by atoms with Crippen LogP contribution in [0.2, 0.25) is 0 Å². The minimum absolute atomic E-state index is 0.251. The van der Waals surface area contributed by atoms with Crippen LogP contribution in [0.25, 0.3) is 27.8 Å². The number of methoxy groups -OCH3 is 2. The Kier molecular flexibility index (Phi) is 4.80. The highest BCUT2D eigenvalue weighted by Gasteiger charge is 2.11. The molecule has 5 rings (SSSR count). The van der Waals surface area contributed by atoms with Crippen molar-refractivity contribution in [3.05, 3.63) is 72.8 Å². The van der Waals surface area contributed by atoms with Crippen molar-refractivity contribution in [3.63, 3.8) is 0 Å². The number of hydrogen-bond acceptors (Lipinski definition) is 7. The van der Waals surface area contributed by atoms with E-state index in [9.17, 15) is 0 Å². The molecule has 0 fully saturated rings. The highest BCUT2D eigenvalue weighted by Crippen LogP contribution is 2.28. The van der Waals surface area contributed by atoms with Crippen LogP contribution in [-0.2, 0) is 6.61 Å². The van der Waals surface area contributed by atoms with Gasteiger partial charge >= 0.3 is 0 Å². The maximum absolute atomic E-state index is 6.09. The third kappa shape index (κ3) is 3.59. The van der Waals surface area contributed by atoms with Gasteiger partial charge in [-0.1, -0.05) is 6.07 Å². The fraction of sp³-hybridized carbons (Fsp3) is 0.130. The van der Waals surface area contributed by atoms with Crippen LogP contribution in [0.3, 0.4) is 0 Å². The molecule has 0 amide bonds. The normalized spacial score (nSPS) is 11.0. The summed E-state index contributed by atoms with van der Waals surface area (Å²) in [7, 11) is 3.23. The van der Waals surface area contributed by atoms with Gasteiger partial charge in [0.25, 0.3) is 0 Å². The molecular weight excluding hydrogens is 394 g/mol. The van der Waals surface area contributed by atoms with Crippen LogP contribution in [0, 0.1) is 0 Å². The maximum Gasteiger partial charge on any atom is 0.213 e. The summed E-state index contributed by atoms with van der Waals surface area (Å²) in [5.41, 5.74) is 3.26. The Morgan fingerprint density at radius 1 is 0.935 bits per heavy atom. The number of fused-ring (bicyclic) bond motifs is 2. The first-order valence-electron chi connectivity index (χ1n) is 9.66. The molecular formula is C23H19N5O3. The van der Waals surface area contributed by atoms with E-state index in [1.807, 2.05) is 65.2 Å². The first-order valence-corrected chi connectivity index (χ1v) is 9.66. The highest BCUT2D eigenvalue weighted by atomic mass is 16.5. The molecule has 0 saturated carbocycles. The van der Waals surface area contributed by atoms with Gasteiger partial charge in [0.05, 0.1) is 25.4 Å². The topological polar surface area (TPSA) is 83.7 Å². The largest absolute Gasteiger partial charge is 0.497 e. The lowest BCUT2D eigenvalue weighted by Gasteiger charge is -2.09. The van der Waals surface area contributed by atoms with Crippen LogP contribution in [0.5, 0.6) is 17.4 Å². The quantitative estimate of drug-likeness (QED) is 0.417. The monoisotopic (exact) mass is 413 g/mol. The fourth-order valence-electron chi connectivity index (χ4n) is 3.37. The number of pyridine rings is 3. The molecule has 0 atom stereocenters. The molecule has 0 aliphatic rings. The molecule has 0 aliphatic carbocycles. The number of nitrogens with zero attached hydrogens (tertiary/aromatic N) is 5. The average molecular weight is 413 g/mol. The second kappa shape index (κ2) is 7.91. The SMILES string of the molecule is COc1ccc2c(OCc3nnc4ccc(-c5cccc(OC)n5)cn34)ccnc2c1. The van der Waals surface area contributed by atoms with Gasteiger partial charge in [-0.05, 0) is 36.4 Å². The number of aromatic nitrogens is 5. The molecule has 4 aromatic heterocycles. The Morgan fingerprint density at radius 3 is 2.74 bits per heavy atom. The van der Waals surface area contributed by atoms with E-state index in [1.54, 1.807) is 20.4 Å².